The second-order valence-electron chi connectivity index (χ2n) is 4.67. The Morgan fingerprint density at radius 1 is 1.39 bits per heavy atom. The van der Waals surface area contributed by atoms with Crippen LogP contribution in [0.2, 0.25) is 5.02 Å². The van der Waals surface area contributed by atoms with Gasteiger partial charge in [-0.3, -0.25) is 4.90 Å². The highest BCUT2D eigenvalue weighted by molar-refractivity contribution is 6.30. The van der Waals surface area contributed by atoms with Crippen LogP contribution in [0.5, 0.6) is 0 Å². The van der Waals surface area contributed by atoms with Gasteiger partial charge in [-0.2, -0.15) is 5.26 Å². The maximum absolute atomic E-state index is 9.47. The summed E-state index contributed by atoms with van der Waals surface area (Å²) in [5.41, 5.74) is 2.16. The van der Waals surface area contributed by atoms with Gasteiger partial charge in [-0.1, -0.05) is 17.7 Å². The molecular weight excluding hydrogens is 246 g/mol. The summed E-state index contributed by atoms with van der Waals surface area (Å²) in [6.07, 6.45) is 1.09. The maximum atomic E-state index is 9.47. The lowest BCUT2D eigenvalue weighted by molar-refractivity contribution is 0.252. The van der Waals surface area contributed by atoms with Gasteiger partial charge in [0, 0.05) is 24.7 Å². The van der Waals surface area contributed by atoms with Gasteiger partial charge in [-0.25, -0.2) is 0 Å². The van der Waals surface area contributed by atoms with Gasteiger partial charge >= 0.3 is 0 Å². The van der Waals surface area contributed by atoms with Gasteiger partial charge in [-0.15, -0.1) is 0 Å². The largest absolute Gasteiger partial charge is 0.315 e. The zero-order valence-corrected chi connectivity index (χ0v) is 11.4. The van der Waals surface area contributed by atoms with Crippen molar-refractivity contribution >= 4 is 11.6 Å². The minimum Gasteiger partial charge on any atom is -0.315 e. The molecule has 4 heteroatoms. The van der Waals surface area contributed by atoms with Crippen LogP contribution in [-0.2, 0) is 0 Å². The molecule has 96 valence electrons. The molecule has 1 aliphatic rings. The van der Waals surface area contributed by atoms with Crippen molar-refractivity contribution in [3.05, 3.63) is 34.3 Å². The van der Waals surface area contributed by atoms with E-state index in [0.29, 0.717) is 0 Å². The number of halogens is 1. The highest BCUT2D eigenvalue weighted by Gasteiger charge is 2.22. The summed E-state index contributed by atoms with van der Waals surface area (Å²) in [6.45, 7) is 5.88. The molecule has 1 heterocycles. The molecule has 1 aromatic rings. The molecule has 1 N–H and O–H groups in total. The number of nitrogens with one attached hydrogen (secondary N) is 1. The lowest BCUT2D eigenvalue weighted by Gasteiger charge is -2.26. The van der Waals surface area contributed by atoms with Crippen LogP contribution in [-0.4, -0.2) is 31.1 Å². The van der Waals surface area contributed by atoms with E-state index in [-0.39, 0.29) is 6.04 Å². The van der Waals surface area contributed by atoms with E-state index < -0.39 is 0 Å². The number of hydrogen-bond acceptors (Lipinski definition) is 3. The van der Waals surface area contributed by atoms with Crippen LogP contribution in [0, 0.1) is 18.3 Å². The Labute approximate surface area is 113 Å². The van der Waals surface area contributed by atoms with Crippen LogP contribution in [0.3, 0.4) is 0 Å². The Kier molecular flexibility index (Phi) is 4.60. The van der Waals surface area contributed by atoms with Crippen LogP contribution >= 0.6 is 11.6 Å². The molecule has 1 atom stereocenters. The smallest absolute Gasteiger partial charge is 0.124 e. The number of nitriles is 1. The third-order valence-corrected chi connectivity index (χ3v) is 3.62. The van der Waals surface area contributed by atoms with E-state index in [0.717, 1.165) is 48.7 Å². The lowest BCUT2D eigenvalue weighted by atomic mass is 10.0. The molecule has 1 saturated heterocycles. The van der Waals surface area contributed by atoms with Gasteiger partial charge in [0.25, 0.3) is 0 Å². The van der Waals surface area contributed by atoms with Gasteiger partial charge in [0.15, 0.2) is 0 Å². The molecule has 0 spiro atoms. The predicted molar refractivity (Wildman–Crippen MR) is 73.6 cm³/mol. The standard InChI is InChI=1S/C14H18ClN3/c1-11-9-12(15)3-4-13(11)14(10-16)18-7-2-5-17-6-8-18/h3-4,9,14,17H,2,5-8H2,1H3. The molecule has 0 bridgehead atoms. The first-order valence-corrected chi connectivity index (χ1v) is 6.70. The summed E-state index contributed by atoms with van der Waals surface area (Å²) in [6, 6.07) is 8.04. The van der Waals surface area contributed by atoms with Gasteiger partial charge in [0.1, 0.15) is 6.04 Å². The highest BCUT2D eigenvalue weighted by atomic mass is 35.5. The van der Waals surface area contributed by atoms with Crippen LogP contribution < -0.4 is 5.32 Å². The summed E-state index contributed by atoms with van der Waals surface area (Å²) >= 11 is 5.97. The van der Waals surface area contributed by atoms with E-state index >= 15 is 0 Å². The second-order valence-corrected chi connectivity index (χ2v) is 5.11. The molecule has 18 heavy (non-hydrogen) atoms. The monoisotopic (exact) mass is 263 g/mol. The predicted octanol–water partition coefficient (Wildman–Crippen LogP) is 2.51. The van der Waals surface area contributed by atoms with Gasteiger partial charge in [-0.05, 0) is 43.1 Å². The van der Waals surface area contributed by atoms with E-state index in [1.807, 2.05) is 25.1 Å². The lowest BCUT2D eigenvalue weighted by Crippen LogP contribution is -2.32. The molecule has 0 saturated carbocycles. The Hall–Kier alpha value is -1.08. The molecule has 1 unspecified atom stereocenters. The van der Waals surface area contributed by atoms with E-state index in [1.165, 1.54) is 0 Å². The fourth-order valence-corrected chi connectivity index (χ4v) is 2.65. The Morgan fingerprint density at radius 3 is 2.94 bits per heavy atom. The van der Waals surface area contributed by atoms with Crippen LogP contribution in [0.4, 0.5) is 0 Å². The molecule has 1 aromatic carbocycles. The number of benzene rings is 1. The molecule has 0 aromatic heterocycles. The minimum absolute atomic E-state index is 0.165. The van der Waals surface area contributed by atoms with Crippen molar-refractivity contribution in [2.45, 2.75) is 19.4 Å². The van der Waals surface area contributed by atoms with Crippen molar-refractivity contribution in [3.63, 3.8) is 0 Å². The number of nitrogens with zero attached hydrogens (tertiary/aromatic N) is 2. The Morgan fingerprint density at radius 2 is 2.22 bits per heavy atom. The van der Waals surface area contributed by atoms with Gasteiger partial charge < -0.3 is 5.32 Å². The fourth-order valence-electron chi connectivity index (χ4n) is 2.42. The average Bonchev–Trinajstić information content (AvgIpc) is 2.62. The van der Waals surface area contributed by atoms with Gasteiger partial charge in [0.05, 0.1) is 6.07 Å². The highest BCUT2D eigenvalue weighted by Crippen LogP contribution is 2.26. The van der Waals surface area contributed by atoms with Crippen molar-refractivity contribution in [3.8, 4) is 6.07 Å². The summed E-state index contributed by atoms with van der Waals surface area (Å²) in [4.78, 5) is 2.25. The zero-order chi connectivity index (χ0) is 13.0. The molecule has 0 aliphatic carbocycles. The molecule has 0 amide bonds. The maximum Gasteiger partial charge on any atom is 0.124 e. The molecule has 0 radical (unpaired) electrons. The van der Waals surface area contributed by atoms with E-state index in [4.69, 9.17) is 11.6 Å². The third-order valence-electron chi connectivity index (χ3n) is 3.39. The summed E-state index contributed by atoms with van der Waals surface area (Å²) < 4.78 is 0. The van der Waals surface area contributed by atoms with Crippen molar-refractivity contribution < 1.29 is 0 Å². The Bertz CT molecular complexity index is 445. The number of hydrogen-bond donors (Lipinski definition) is 1. The van der Waals surface area contributed by atoms with E-state index in [9.17, 15) is 5.26 Å². The van der Waals surface area contributed by atoms with Crippen molar-refractivity contribution in [1.29, 1.82) is 5.26 Å². The molecule has 1 fully saturated rings. The van der Waals surface area contributed by atoms with Gasteiger partial charge in [0.2, 0.25) is 0 Å². The fraction of sp³-hybridized carbons (Fsp3) is 0.500. The third kappa shape index (κ3) is 3.02. The van der Waals surface area contributed by atoms with E-state index in [1.54, 1.807) is 0 Å². The first-order chi connectivity index (χ1) is 8.72. The summed E-state index contributed by atoms with van der Waals surface area (Å²) in [5, 5.41) is 13.6. The van der Waals surface area contributed by atoms with Crippen molar-refractivity contribution in [1.82, 2.24) is 10.2 Å². The topological polar surface area (TPSA) is 39.1 Å². The SMILES string of the molecule is Cc1cc(Cl)ccc1C(C#N)N1CCCNCC1. The first kappa shape index (κ1) is 13.4. The van der Waals surface area contributed by atoms with Crippen LogP contribution in [0.1, 0.15) is 23.6 Å². The van der Waals surface area contributed by atoms with Crippen molar-refractivity contribution in [2.24, 2.45) is 0 Å². The molecule has 1 aliphatic heterocycles. The second kappa shape index (κ2) is 6.19. The summed E-state index contributed by atoms with van der Waals surface area (Å²) in [5.74, 6) is 0. The van der Waals surface area contributed by atoms with Crippen LogP contribution in [0.15, 0.2) is 18.2 Å². The average molecular weight is 264 g/mol. The van der Waals surface area contributed by atoms with Crippen molar-refractivity contribution in [2.75, 3.05) is 26.2 Å². The zero-order valence-electron chi connectivity index (χ0n) is 10.6. The minimum atomic E-state index is -0.165. The first-order valence-electron chi connectivity index (χ1n) is 6.33. The Balaban J connectivity index is 2.24. The molecule has 3 nitrogen and oxygen atoms in total. The quantitative estimate of drug-likeness (QED) is 0.891. The van der Waals surface area contributed by atoms with Crippen LogP contribution in [0.25, 0.3) is 0 Å². The normalized spacial score (nSPS) is 18.9. The van der Waals surface area contributed by atoms with E-state index in [2.05, 4.69) is 16.3 Å². The number of rotatable bonds is 2. The number of aryl methyl sites for hydroxylation is 1. The molecule has 2 rings (SSSR count). The summed E-state index contributed by atoms with van der Waals surface area (Å²) in [7, 11) is 0. The molecular formula is C14H18ClN3.